The van der Waals surface area contributed by atoms with Gasteiger partial charge in [0.1, 0.15) is 5.02 Å². The van der Waals surface area contributed by atoms with Crippen molar-refractivity contribution in [3.63, 3.8) is 0 Å². The van der Waals surface area contributed by atoms with Gasteiger partial charge in [-0.3, -0.25) is 14.9 Å². The van der Waals surface area contributed by atoms with Crippen molar-refractivity contribution in [2.24, 2.45) is 4.99 Å². The van der Waals surface area contributed by atoms with E-state index in [0.29, 0.717) is 15.6 Å². The molecule has 1 fully saturated rings. The minimum atomic E-state index is -0.559. The average molecular weight is 374 g/mol. The molecule has 1 aliphatic heterocycles. The van der Waals surface area contributed by atoms with E-state index in [1.165, 1.54) is 23.9 Å². The van der Waals surface area contributed by atoms with Crippen LogP contribution in [0.15, 0.2) is 52.4 Å². The quantitative estimate of drug-likeness (QED) is 0.489. The first kappa shape index (κ1) is 17.2. The highest BCUT2D eigenvalue weighted by Gasteiger charge is 2.24. The van der Waals surface area contributed by atoms with Crippen molar-refractivity contribution in [2.45, 2.75) is 6.92 Å². The molecule has 1 N–H and O–H groups in total. The lowest BCUT2D eigenvalue weighted by atomic mass is 10.2. The van der Waals surface area contributed by atoms with E-state index in [4.69, 9.17) is 11.6 Å². The molecule has 1 saturated heterocycles. The number of nitro groups is 1. The number of aryl methyl sites for hydroxylation is 1. The van der Waals surface area contributed by atoms with Gasteiger partial charge in [0.15, 0.2) is 5.17 Å². The molecule has 0 bridgehead atoms. The second-order valence-electron chi connectivity index (χ2n) is 5.29. The predicted molar refractivity (Wildman–Crippen MR) is 100 cm³/mol. The van der Waals surface area contributed by atoms with Gasteiger partial charge in [-0.05, 0) is 54.1 Å². The fourth-order valence-corrected chi connectivity index (χ4v) is 3.23. The molecular formula is C17H12ClN3O3S. The lowest BCUT2D eigenvalue weighted by Gasteiger charge is -1.98. The van der Waals surface area contributed by atoms with Crippen molar-refractivity contribution in [1.29, 1.82) is 0 Å². The number of benzene rings is 2. The smallest absolute Gasteiger partial charge is 0.288 e. The molecule has 0 saturated carbocycles. The summed E-state index contributed by atoms with van der Waals surface area (Å²) in [4.78, 5) is 27.3. The van der Waals surface area contributed by atoms with Crippen molar-refractivity contribution in [2.75, 3.05) is 0 Å². The highest BCUT2D eigenvalue weighted by Crippen LogP contribution is 2.31. The van der Waals surface area contributed by atoms with Gasteiger partial charge in [-0.25, -0.2) is 4.99 Å². The third-order valence-corrected chi connectivity index (χ3v) is 4.58. The number of aliphatic imine (C=N–C) groups is 1. The van der Waals surface area contributed by atoms with E-state index in [2.05, 4.69) is 10.3 Å². The Morgan fingerprint density at radius 1 is 1.28 bits per heavy atom. The Morgan fingerprint density at radius 3 is 2.80 bits per heavy atom. The van der Waals surface area contributed by atoms with E-state index in [1.807, 2.05) is 31.2 Å². The number of halogens is 1. The number of amides is 1. The van der Waals surface area contributed by atoms with Crippen LogP contribution >= 0.6 is 23.4 Å². The number of rotatable bonds is 3. The molecule has 6 nitrogen and oxygen atoms in total. The van der Waals surface area contributed by atoms with E-state index in [9.17, 15) is 14.9 Å². The van der Waals surface area contributed by atoms with Crippen LogP contribution in [0.3, 0.4) is 0 Å². The molecule has 1 heterocycles. The zero-order valence-corrected chi connectivity index (χ0v) is 14.6. The number of hydrogen-bond acceptors (Lipinski definition) is 5. The Morgan fingerprint density at radius 2 is 2.08 bits per heavy atom. The number of nitrogens with one attached hydrogen (secondary N) is 1. The lowest BCUT2D eigenvalue weighted by molar-refractivity contribution is -0.384. The fourth-order valence-electron chi connectivity index (χ4n) is 2.21. The van der Waals surface area contributed by atoms with Crippen molar-refractivity contribution < 1.29 is 9.72 Å². The summed E-state index contributed by atoms with van der Waals surface area (Å²) >= 11 is 6.98. The van der Waals surface area contributed by atoms with Crippen LogP contribution in [0.25, 0.3) is 6.08 Å². The number of hydrogen-bond donors (Lipinski definition) is 1. The van der Waals surface area contributed by atoms with Crippen LogP contribution in [-0.2, 0) is 4.79 Å². The van der Waals surface area contributed by atoms with E-state index < -0.39 is 4.92 Å². The minimum absolute atomic E-state index is 0.0531. The molecule has 2 aromatic carbocycles. The summed E-state index contributed by atoms with van der Waals surface area (Å²) in [7, 11) is 0. The van der Waals surface area contributed by atoms with Crippen molar-refractivity contribution in [3.05, 3.63) is 73.6 Å². The lowest BCUT2D eigenvalue weighted by Crippen LogP contribution is -2.19. The molecule has 0 radical (unpaired) electrons. The maximum atomic E-state index is 12.1. The number of carbonyl (C=O) groups excluding carboxylic acids is 1. The zero-order chi connectivity index (χ0) is 18.0. The monoisotopic (exact) mass is 373 g/mol. The van der Waals surface area contributed by atoms with Crippen molar-refractivity contribution >= 4 is 51.9 Å². The Hall–Kier alpha value is -2.64. The largest absolute Gasteiger partial charge is 0.300 e. The van der Waals surface area contributed by atoms with Crippen LogP contribution in [-0.4, -0.2) is 16.0 Å². The molecule has 0 aromatic heterocycles. The van der Waals surface area contributed by atoms with E-state index >= 15 is 0 Å². The van der Waals surface area contributed by atoms with Crippen LogP contribution in [0.2, 0.25) is 5.02 Å². The molecule has 2 aromatic rings. The summed E-state index contributed by atoms with van der Waals surface area (Å²) in [5.74, 6) is -0.297. The van der Waals surface area contributed by atoms with Gasteiger partial charge in [0.05, 0.1) is 15.5 Å². The number of carbonyl (C=O) groups is 1. The number of nitrogens with zero attached hydrogens (tertiary/aromatic N) is 2. The first-order valence-corrected chi connectivity index (χ1v) is 8.42. The van der Waals surface area contributed by atoms with Gasteiger partial charge in [0.2, 0.25) is 0 Å². The SMILES string of the molecule is Cc1cccc(N=C2NC(=O)/C(=C/c3ccc(Cl)c([N+](=O)[O-])c3)S2)c1. The molecule has 0 spiro atoms. The summed E-state index contributed by atoms with van der Waals surface area (Å²) < 4.78 is 0. The van der Waals surface area contributed by atoms with Crippen LogP contribution in [0.4, 0.5) is 11.4 Å². The molecule has 0 atom stereocenters. The third kappa shape index (κ3) is 4.07. The molecule has 1 aliphatic rings. The number of thioether (sulfide) groups is 1. The van der Waals surface area contributed by atoms with E-state index in [1.54, 1.807) is 12.1 Å². The van der Waals surface area contributed by atoms with Crippen LogP contribution < -0.4 is 5.32 Å². The van der Waals surface area contributed by atoms with Gasteiger partial charge in [0, 0.05) is 6.07 Å². The van der Waals surface area contributed by atoms with Gasteiger partial charge < -0.3 is 5.32 Å². The summed E-state index contributed by atoms with van der Waals surface area (Å²) in [5, 5.41) is 14.2. The minimum Gasteiger partial charge on any atom is -0.300 e. The molecule has 8 heteroatoms. The Kier molecular flexibility index (Phi) is 4.87. The fraction of sp³-hybridized carbons (Fsp3) is 0.0588. The average Bonchev–Trinajstić information content (AvgIpc) is 2.88. The van der Waals surface area contributed by atoms with Crippen molar-refractivity contribution in [3.8, 4) is 0 Å². The van der Waals surface area contributed by atoms with Crippen molar-refractivity contribution in [1.82, 2.24) is 5.32 Å². The molecule has 0 aliphatic carbocycles. The highest BCUT2D eigenvalue weighted by molar-refractivity contribution is 8.18. The maximum Gasteiger partial charge on any atom is 0.288 e. The van der Waals surface area contributed by atoms with E-state index in [0.717, 1.165) is 11.3 Å². The Balaban J connectivity index is 1.87. The van der Waals surface area contributed by atoms with E-state index in [-0.39, 0.29) is 16.6 Å². The molecule has 1 amide bonds. The molecule has 25 heavy (non-hydrogen) atoms. The summed E-state index contributed by atoms with van der Waals surface area (Å²) in [5.41, 5.74) is 2.13. The normalized spacial score (nSPS) is 17.1. The number of amidine groups is 1. The second kappa shape index (κ2) is 7.08. The molecule has 3 rings (SSSR count). The van der Waals surface area contributed by atoms with Crippen LogP contribution in [0, 0.1) is 17.0 Å². The van der Waals surface area contributed by atoms with Gasteiger partial charge in [-0.15, -0.1) is 0 Å². The first-order valence-electron chi connectivity index (χ1n) is 7.22. The summed E-state index contributed by atoms with van der Waals surface area (Å²) in [6.45, 7) is 1.96. The standard InChI is InChI=1S/C17H12ClN3O3S/c1-10-3-2-4-12(7-10)19-17-20-16(22)15(25-17)9-11-5-6-13(18)14(8-11)21(23)24/h2-9H,1H3,(H,19,20,22)/b15-9-. The first-order chi connectivity index (χ1) is 11.9. The Bertz CT molecular complexity index is 940. The molecular weight excluding hydrogens is 362 g/mol. The highest BCUT2D eigenvalue weighted by atomic mass is 35.5. The van der Waals surface area contributed by atoms with Crippen LogP contribution in [0.5, 0.6) is 0 Å². The molecule has 126 valence electrons. The van der Waals surface area contributed by atoms with Gasteiger partial charge in [0.25, 0.3) is 11.6 Å². The number of nitro benzene ring substituents is 1. The van der Waals surface area contributed by atoms with Crippen LogP contribution in [0.1, 0.15) is 11.1 Å². The zero-order valence-electron chi connectivity index (χ0n) is 13.0. The third-order valence-electron chi connectivity index (χ3n) is 3.35. The Labute approximate surface area is 152 Å². The summed E-state index contributed by atoms with van der Waals surface area (Å²) in [6.07, 6.45) is 1.57. The predicted octanol–water partition coefficient (Wildman–Crippen LogP) is 4.45. The maximum absolute atomic E-state index is 12.1. The van der Waals surface area contributed by atoms with Gasteiger partial charge in [-0.2, -0.15) is 0 Å². The topological polar surface area (TPSA) is 84.6 Å². The van der Waals surface area contributed by atoms with Gasteiger partial charge >= 0.3 is 0 Å². The molecule has 0 unspecified atom stereocenters. The summed E-state index contributed by atoms with van der Waals surface area (Å²) in [6, 6.07) is 12.0. The second-order valence-corrected chi connectivity index (χ2v) is 6.73. The van der Waals surface area contributed by atoms with Gasteiger partial charge in [-0.1, -0.05) is 29.8 Å².